The first-order chi connectivity index (χ1) is 11.9. The number of halogens is 2. The summed E-state index contributed by atoms with van der Waals surface area (Å²) < 4.78 is 23.2. The van der Waals surface area contributed by atoms with E-state index in [9.17, 15) is 14.0 Å². The van der Waals surface area contributed by atoms with Gasteiger partial charge in [-0.1, -0.05) is 29.3 Å². The molecule has 0 saturated carbocycles. The van der Waals surface area contributed by atoms with Gasteiger partial charge in [0.05, 0.1) is 23.7 Å². The van der Waals surface area contributed by atoms with Gasteiger partial charge in [0.2, 0.25) is 0 Å². The van der Waals surface area contributed by atoms with E-state index in [1.54, 1.807) is 12.1 Å². The van der Waals surface area contributed by atoms with Crippen LogP contribution in [0, 0.1) is 12.7 Å². The number of anilines is 1. The number of rotatable bonds is 7. The van der Waals surface area contributed by atoms with Crippen molar-refractivity contribution < 1.29 is 23.5 Å². The molecule has 0 radical (unpaired) electrons. The van der Waals surface area contributed by atoms with E-state index in [1.807, 2.05) is 19.1 Å². The maximum Gasteiger partial charge on any atom is 0.309 e. The second-order valence-corrected chi connectivity index (χ2v) is 5.65. The fraction of sp³-hybridized carbons (Fsp3) is 0.222. The van der Waals surface area contributed by atoms with Gasteiger partial charge < -0.3 is 14.8 Å². The first-order valence-corrected chi connectivity index (χ1v) is 7.92. The Bertz CT molecular complexity index is 749. The fourth-order valence-corrected chi connectivity index (χ4v) is 2.10. The summed E-state index contributed by atoms with van der Waals surface area (Å²) in [5.74, 6) is -0.987. The van der Waals surface area contributed by atoms with Crippen molar-refractivity contribution in [3.8, 4) is 5.75 Å². The fourth-order valence-electron chi connectivity index (χ4n) is 1.88. The Morgan fingerprint density at radius 3 is 2.56 bits per heavy atom. The van der Waals surface area contributed by atoms with Gasteiger partial charge in [-0.15, -0.1) is 0 Å². The molecule has 2 aromatic rings. The minimum absolute atomic E-state index is 0.0124. The Balaban J connectivity index is 1.68. The van der Waals surface area contributed by atoms with Gasteiger partial charge in [0.1, 0.15) is 11.6 Å². The van der Waals surface area contributed by atoms with Gasteiger partial charge in [-0.2, -0.15) is 0 Å². The lowest BCUT2D eigenvalue weighted by Gasteiger charge is -2.09. The summed E-state index contributed by atoms with van der Waals surface area (Å²) >= 11 is 5.79. The minimum Gasteiger partial charge on any atom is -0.493 e. The van der Waals surface area contributed by atoms with Gasteiger partial charge in [-0.3, -0.25) is 9.59 Å². The molecular weight excluding hydrogens is 349 g/mol. The molecule has 1 N–H and O–H groups in total. The summed E-state index contributed by atoms with van der Waals surface area (Å²) in [4.78, 5) is 23.3. The first kappa shape index (κ1) is 18.7. The summed E-state index contributed by atoms with van der Waals surface area (Å²) in [6.07, 6.45) is 0.0124. The van der Waals surface area contributed by atoms with E-state index in [0.717, 1.165) is 17.7 Å². The van der Waals surface area contributed by atoms with Crippen LogP contribution in [0.15, 0.2) is 42.5 Å². The van der Waals surface area contributed by atoms with E-state index < -0.39 is 24.3 Å². The van der Waals surface area contributed by atoms with Crippen LogP contribution in [0.2, 0.25) is 5.02 Å². The molecule has 2 rings (SSSR count). The number of hydrogen-bond donors (Lipinski definition) is 1. The van der Waals surface area contributed by atoms with Crippen LogP contribution < -0.4 is 10.1 Å². The van der Waals surface area contributed by atoms with Gasteiger partial charge in [-0.05, 0) is 37.3 Å². The second kappa shape index (κ2) is 9.03. The molecule has 0 atom stereocenters. The average Bonchev–Trinajstić information content (AvgIpc) is 2.57. The number of carbonyl (C=O) groups is 2. The maximum absolute atomic E-state index is 12.9. The number of carbonyl (C=O) groups excluding carboxylic acids is 2. The lowest BCUT2D eigenvalue weighted by Crippen LogP contribution is -2.21. The summed E-state index contributed by atoms with van der Waals surface area (Å²) in [5, 5.41) is 2.50. The summed E-state index contributed by atoms with van der Waals surface area (Å²) in [6.45, 7) is 1.65. The minimum atomic E-state index is -0.568. The third kappa shape index (κ3) is 6.43. The van der Waals surface area contributed by atoms with Crippen molar-refractivity contribution in [2.75, 3.05) is 18.5 Å². The third-order valence-electron chi connectivity index (χ3n) is 3.17. The molecule has 1 amide bonds. The summed E-state index contributed by atoms with van der Waals surface area (Å²) in [5.41, 5.74) is 1.35. The van der Waals surface area contributed by atoms with Gasteiger partial charge in [0, 0.05) is 0 Å². The van der Waals surface area contributed by atoms with Crippen LogP contribution in [0.25, 0.3) is 0 Å². The summed E-state index contributed by atoms with van der Waals surface area (Å²) in [7, 11) is 0. The van der Waals surface area contributed by atoms with E-state index >= 15 is 0 Å². The van der Waals surface area contributed by atoms with Gasteiger partial charge in [0.15, 0.2) is 6.61 Å². The van der Waals surface area contributed by atoms with Gasteiger partial charge >= 0.3 is 5.97 Å². The van der Waals surface area contributed by atoms with Crippen molar-refractivity contribution in [2.24, 2.45) is 0 Å². The summed E-state index contributed by atoms with van der Waals surface area (Å²) in [6, 6.07) is 11.0. The zero-order chi connectivity index (χ0) is 18.2. The number of ether oxygens (including phenoxy) is 2. The normalized spacial score (nSPS) is 10.2. The van der Waals surface area contributed by atoms with Crippen LogP contribution >= 0.6 is 11.6 Å². The highest BCUT2D eigenvalue weighted by molar-refractivity contribution is 6.33. The monoisotopic (exact) mass is 365 g/mol. The molecule has 25 heavy (non-hydrogen) atoms. The van der Waals surface area contributed by atoms with Crippen LogP contribution in [0.3, 0.4) is 0 Å². The van der Waals surface area contributed by atoms with Crippen LogP contribution in [0.4, 0.5) is 10.1 Å². The SMILES string of the molecule is Cc1ccc(OCCC(=O)OCC(=O)Nc2ccc(F)cc2Cl)cc1. The van der Waals surface area contributed by atoms with Crippen molar-refractivity contribution in [3.63, 3.8) is 0 Å². The second-order valence-electron chi connectivity index (χ2n) is 5.24. The molecular formula is C18H17ClFNO4. The molecule has 0 aliphatic carbocycles. The Morgan fingerprint density at radius 1 is 1.16 bits per heavy atom. The highest BCUT2D eigenvalue weighted by atomic mass is 35.5. The molecule has 0 fully saturated rings. The highest BCUT2D eigenvalue weighted by Crippen LogP contribution is 2.22. The van der Waals surface area contributed by atoms with Crippen molar-refractivity contribution in [2.45, 2.75) is 13.3 Å². The zero-order valence-electron chi connectivity index (χ0n) is 13.6. The van der Waals surface area contributed by atoms with E-state index in [-0.39, 0.29) is 23.7 Å². The van der Waals surface area contributed by atoms with Crippen molar-refractivity contribution in [1.82, 2.24) is 0 Å². The van der Waals surface area contributed by atoms with E-state index in [1.165, 1.54) is 6.07 Å². The smallest absolute Gasteiger partial charge is 0.309 e. The van der Waals surface area contributed by atoms with Crippen molar-refractivity contribution >= 4 is 29.2 Å². The standard InChI is InChI=1S/C18H17ClFNO4/c1-12-2-5-14(6-3-12)24-9-8-18(23)25-11-17(22)21-16-7-4-13(20)10-15(16)19/h2-7,10H,8-9,11H2,1H3,(H,21,22). The molecule has 0 unspecified atom stereocenters. The first-order valence-electron chi connectivity index (χ1n) is 7.54. The maximum atomic E-state index is 12.9. The quantitative estimate of drug-likeness (QED) is 0.759. The molecule has 0 bridgehead atoms. The Morgan fingerprint density at radius 2 is 1.88 bits per heavy atom. The Labute approximate surface area is 149 Å². The molecule has 0 spiro atoms. The molecule has 0 aliphatic rings. The van der Waals surface area contributed by atoms with Crippen molar-refractivity contribution in [1.29, 1.82) is 0 Å². The number of aryl methyl sites for hydroxylation is 1. The largest absolute Gasteiger partial charge is 0.493 e. The third-order valence-corrected chi connectivity index (χ3v) is 3.48. The molecule has 7 heteroatoms. The molecule has 2 aromatic carbocycles. The lowest BCUT2D eigenvalue weighted by molar-refractivity contribution is -0.147. The van der Waals surface area contributed by atoms with Gasteiger partial charge in [0.25, 0.3) is 5.91 Å². The number of hydrogen-bond acceptors (Lipinski definition) is 4. The van der Waals surface area contributed by atoms with E-state index in [0.29, 0.717) is 5.75 Å². The van der Waals surface area contributed by atoms with Crippen molar-refractivity contribution in [3.05, 3.63) is 58.9 Å². The topological polar surface area (TPSA) is 64.6 Å². The van der Waals surface area contributed by atoms with Crippen LogP contribution in [0.5, 0.6) is 5.75 Å². The average molecular weight is 366 g/mol. The van der Waals surface area contributed by atoms with Gasteiger partial charge in [-0.25, -0.2) is 4.39 Å². The predicted molar refractivity (Wildman–Crippen MR) is 92.3 cm³/mol. The number of amides is 1. The molecule has 0 saturated heterocycles. The lowest BCUT2D eigenvalue weighted by atomic mass is 10.2. The van der Waals surface area contributed by atoms with Crippen LogP contribution in [-0.4, -0.2) is 25.1 Å². The molecule has 132 valence electrons. The molecule has 0 aliphatic heterocycles. The Kier molecular flexibility index (Phi) is 6.77. The highest BCUT2D eigenvalue weighted by Gasteiger charge is 2.10. The number of esters is 1. The van der Waals surface area contributed by atoms with E-state index in [4.69, 9.17) is 21.1 Å². The number of nitrogens with one attached hydrogen (secondary N) is 1. The molecule has 5 nitrogen and oxygen atoms in total. The number of benzene rings is 2. The Hall–Kier alpha value is -2.60. The molecule has 0 aromatic heterocycles. The van der Waals surface area contributed by atoms with Crippen LogP contribution in [0.1, 0.15) is 12.0 Å². The molecule has 0 heterocycles. The predicted octanol–water partition coefficient (Wildman–Crippen LogP) is 3.74. The van der Waals surface area contributed by atoms with Crippen LogP contribution in [-0.2, 0) is 14.3 Å². The zero-order valence-corrected chi connectivity index (χ0v) is 14.3. The van der Waals surface area contributed by atoms with E-state index in [2.05, 4.69) is 5.32 Å².